The summed E-state index contributed by atoms with van der Waals surface area (Å²) < 4.78 is 2.08. The third-order valence-corrected chi connectivity index (χ3v) is 4.61. The molecule has 1 N–H and O–H groups in total. The number of carboxylic acids is 1. The molecule has 5 heteroatoms. The molecule has 2 aromatic rings. The van der Waals surface area contributed by atoms with Crippen molar-refractivity contribution in [3.8, 4) is 0 Å². The van der Waals surface area contributed by atoms with Gasteiger partial charge < -0.3 is 14.6 Å². The number of ketones is 1. The van der Waals surface area contributed by atoms with Gasteiger partial charge in [0.1, 0.15) is 0 Å². The van der Waals surface area contributed by atoms with Gasteiger partial charge in [0, 0.05) is 35.8 Å². The molecule has 23 heavy (non-hydrogen) atoms. The van der Waals surface area contributed by atoms with E-state index in [4.69, 9.17) is 5.11 Å². The van der Waals surface area contributed by atoms with E-state index in [2.05, 4.69) is 9.47 Å². The molecular formula is C18H22N2O3. The molecule has 0 amide bonds. The molecule has 0 saturated carbocycles. The lowest BCUT2D eigenvalue weighted by atomic mass is 10.1. The Morgan fingerprint density at radius 2 is 1.87 bits per heavy atom. The van der Waals surface area contributed by atoms with Gasteiger partial charge in [0.05, 0.1) is 5.56 Å². The quantitative estimate of drug-likeness (QED) is 0.862. The summed E-state index contributed by atoms with van der Waals surface area (Å²) in [7, 11) is 0. The molecule has 1 aliphatic heterocycles. The van der Waals surface area contributed by atoms with E-state index in [9.17, 15) is 9.59 Å². The fourth-order valence-electron chi connectivity index (χ4n) is 3.33. The Kier molecular flexibility index (Phi) is 4.48. The predicted molar refractivity (Wildman–Crippen MR) is 89.2 cm³/mol. The van der Waals surface area contributed by atoms with Crippen LogP contribution in [-0.4, -0.2) is 46.0 Å². The molecular weight excluding hydrogens is 292 g/mol. The summed E-state index contributed by atoms with van der Waals surface area (Å²) in [5.41, 5.74) is 1.74. The zero-order valence-electron chi connectivity index (χ0n) is 13.4. The average molecular weight is 314 g/mol. The van der Waals surface area contributed by atoms with Crippen LogP contribution in [0.2, 0.25) is 0 Å². The number of aromatic nitrogens is 1. The number of carbonyl (C=O) groups excluding carboxylic acids is 1. The number of likely N-dealkylation sites (tertiary alicyclic amines) is 1. The predicted octanol–water partition coefficient (Wildman–Crippen LogP) is 3.03. The van der Waals surface area contributed by atoms with Gasteiger partial charge >= 0.3 is 5.97 Å². The maximum Gasteiger partial charge on any atom is 0.335 e. The van der Waals surface area contributed by atoms with Gasteiger partial charge in [-0.2, -0.15) is 0 Å². The van der Waals surface area contributed by atoms with Crippen molar-refractivity contribution in [2.45, 2.75) is 32.7 Å². The summed E-state index contributed by atoms with van der Waals surface area (Å²) in [5.74, 6) is -1.00. The Bertz CT molecular complexity index is 742. The Morgan fingerprint density at radius 1 is 1.13 bits per heavy atom. The van der Waals surface area contributed by atoms with E-state index in [1.807, 2.05) is 6.20 Å². The van der Waals surface area contributed by atoms with E-state index in [1.165, 1.54) is 26.2 Å². The molecule has 3 rings (SSSR count). The van der Waals surface area contributed by atoms with Crippen LogP contribution in [0.4, 0.5) is 0 Å². The SMILES string of the molecule is CC(=O)c1cn(CCN2CCCCC2)c2ccc(C(=O)O)cc12. The van der Waals surface area contributed by atoms with E-state index in [-0.39, 0.29) is 11.3 Å². The molecule has 122 valence electrons. The number of carboxylic acid groups (broad SMARTS) is 1. The van der Waals surface area contributed by atoms with Gasteiger partial charge in [-0.1, -0.05) is 6.42 Å². The highest BCUT2D eigenvalue weighted by Gasteiger charge is 2.16. The molecule has 0 aliphatic carbocycles. The first kappa shape index (κ1) is 15.7. The first-order chi connectivity index (χ1) is 11.1. The Balaban J connectivity index is 1.90. The Labute approximate surface area is 135 Å². The number of piperidine rings is 1. The summed E-state index contributed by atoms with van der Waals surface area (Å²) >= 11 is 0. The molecule has 1 aliphatic rings. The van der Waals surface area contributed by atoms with Crippen LogP contribution >= 0.6 is 0 Å². The molecule has 0 spiro atoms. The molecule has 1 saturated heterocycles. The lowest BCUT2D eigenvalue weighted by Crippen LogP contribution is -2.32. The second kappa shape index (κ2) is 6.54. The van der Waals surface area contributed by atoms with Crippen molar-refractivity contribution in [3.05, 3.63) is 35.5 Å². The number of carbonyl (C=O) groups is 2. The summed E-state index contributed by atoms with van der Waals surface area (Å²) in [6, 6.07) is 5.01. The van der Waals surface area contributed by atoms with Crippen LogP contribution < -0.4 is 0 Å². The molecule has 0 atom stereocenters. The van der Waals surface area contributed by atoms with E-state index >= 15 is 0 Å². The number of hydrogen-bond donors (Lipinski definition) is 1. The van der Waals surface area contributed by atoms with Crippen LogP contribution in [0.25, 0.3) is 10.9 Å². The monoisotopic (exact) mass is 314 g/mol. The summed E-state index contributed by atoms with van der Waals surface area (Å²) in [4.78, 5) is 25.5. The van der Waals surface area contributed by atoms with Crippen LogP contribution in [-0.2, 0) is 6.54 Å². The van der Waals surface area contributed by atoms with Crippen molar-refractivity contribution in [1.82, 2.24) is 9.47 Å². The highest BCUT2D eigenvalue weighted by Crippen LogP contribution is 2.24. The normalized spacial score (nSPS) is 15.9. The third-order valence-electron chi connectivity index (χ3n) is 4.61. The van der Waals surface area contributed by atoms with Gasteiger partial charge in [0.2, 0.25) is 0 Å². The number of benzene rings is 1. The fourth-order valence-corrected chi connectivity index (χ4v) is 3.33. The van der Waals surface area contributed by atoms with Crippen LogP contribution in [0.3, 0.4) is 0 Å². The van der Waals surface area contributed by atoms with Crippen LogP contribution in [0.1, 0.15) is 46.9 Å². The molecule has 0 radical (unpaired) electrons. The first-order valence-electron chi connectivity index (χ1n) is 8.16. The number of hydrogen-bond acceptors (Lipinski definition) is 3. The molecule has 1 fully saturated rings. The van der Waals surface area contributed by atoms with Crippen molar-refractivity contribution < 1.29 is 14.7 Å². The minimum Gasteiger partial charge on any atom is -0.478 e. The molecule has 0 bridgehead atoms. The van der Waals surface area contributed by atoms with Crippen LogP contribution in [0.15, 0.2) is 24.4 Å². The summed E-state index contributed by atoms with van der Waals surface area (Å²) in [6.45, 7) is 5.58. The van der Waals surface area contributed by atoms with Crippen molar-refractivity contribution in [2.75, 3.05) is 19.6 Å². The number of fused-ring (bicyclic) bond motifs is 1. The lowest BCUT2D eigenvalue weighted by Gasteiger charge is -2.26. The van der Waals surface area contributed by atoms with Gasteiger partial charge in [-0.15, -0.1) is 0 Å². The van der Waals surface area contributed by atoms with Gasteiger partial charge in [-0.05, 0) is 51.1 Å². The summed E-state index contributed by atoms with van der Waals surface area (Å²) in [5, 5.41) is 9.89. The van der Waals surface area contributed by atoms with Gasteiger partial charge in [0.25, 0.3) is 0 Å². The fraction of sp³-hybridized carbons (Fsp3) is 0.444. The Hall–Kier alpha value is -2.14. The molecule has 5 nitrogen and oxygen atoms in total. The topological polar surface area (TPSA) is 62.5 Å². The van der Waals surface area contributed by atoms with E-state index < -0.39 is 5.97 Å². The van der Waals surface area contributed by atoms with Crippen LogP contribution in [0, 0.1) is 0 Å². The smallest absolute Gasteiger partial charge is 0.335 e. The molecule has 2 heterocycles. The zero-order chi connectivity index (χ0) is 16.4. The Morgan fingerprint density at radius 3 is 2.52 bits per heavy atom. The van der Waals surface area contributed by atoms with Crippen molar-refractivity contribution in [2.24, 2.45) is 0 Å². The molecule has 1 aromatic carbocycles. The largest absolute Gasteiger partial charge is 0.478 e. The van der Waals surface area contributed by atoms with Crippen molar-refractivity contribution >= 4 is 22.7 Å². The standard InChI is InChI=1S/C18H22N2O3/c1-13(21)16-12-20(10-9-19-7-3-2-4-8-19)17-6-5-14(18(22)23)11-15(16)17/h5-6,11-12H,2-4,7-10H2,1H3,(H,22,23). The number of nitrogens with zero attached hydrogens (tertiary/aromatic N) is 2. The van der Waals surface area contributed by atoms with Crippen LogP contribution in [0.5, 0.6) is 0 Å². The third kappa shape index (κ3) is 3.29. The first-order valence-corrected chi connectivity index (χ1v) is 8.16. The average Bonchev–Trinajstić information content (AvgIpc) is 2.92. The second-order valence-electron chi connectivity index (χ2n) is 6.23. The second-order valence-corrected chi connectivity index (χ2v) is 6.23. The highest BCUT2D eigenvalue weighted by molar-refractivity contribution is 6.08. The molecule has 0 unspecified atom stereocenters. The minimum atomic E-state index is -0.970. The maximum atomic E-state index is 11.9. The van der Waals surface area contributed by atoms with Gasteiger partial charge in [-0.25, -0.2) is 4.79 Å². The van der Waals surface area contributed by atoms with Gasteiger partial charge in [0.15, 0.2) is 5.78 Å². The zero-order valence-corrected chi connectivity index (χ0v) is 13.4. The summed E-state index contributed by atoms with van der Waals surface area (Å²) in [6.07, 6.45) is 5.69. The van der Waals surface area contributed by atoms with Crippen molar-refractivity contribution in [1.29, 1.82) is 0 Å². The van der Waals surface area contributed by atoms with Crippen molar-refractivity contribution in [3.63, 3.8) is 0 Å². The van der Waals surface area contributed by atoms with E-state index in [0.717, 1.165) is 37.1 Å². The highest BCUT2D eigenvalue weighted by atomic mass is 16.4. The molecule has 1 aromatic heterocycles. The lowest BCUT2D eigenvalue weighted by molar-refractivity contribution is 0.0696. The maximum absolute atomic E-state index is 11.9. The van der Waals surface area contributed by atoms with E-state index in [0.29, 0.717) is 5.56 Å². The minimum absolute atomic E-state index is 0.0331. The van der Waals surface area contributed by atoms with E-state index in [1.54, 1.807) is 18.2 Å². The number of aromatic carboxylic acids is 1. The number of rotatable bonds is 5. The number of Topliss-reactive ketones (excluding diaryl/α,β-unsaturated/α-hetero) is 1. The van der Waals surface area contributed by atoms with Gasteiger partial charge in [-0.3, -0.25) is 4.79 Å².